The van der Waals surface area contributed by atoms with E-state index in [-0.39, 0.29) is 17.7 Å². The smallest absolute Gasteiger partial charge is 0.313 e. The normalized spacial score (nSPS) is 10.8. The van der Waals surface area contributed by atoms with E-state index >= 15 is 0 Å². The van der Waals surface area contributed by atoms with Crippen LogP contribution >= 0.6 is 0 Å². The molecule has 9 heteroatoms. The van der Waals surface area contributed by atoms with Crippen LogP contribution in [0.1, 0.15) is 21.6 Å². The molecule has 0 aliphatic rings. The molecule has 2 aromatic heterocycles. The number of hydrogen-bond acceptors (Lipinski definition) is 4. The van der Waals surface area contributed by atoms with Crippen LogP contribution in [0, 0.1) is 12.7 Å². The van der Waals surface area contributed by atoms with Crippen molar-refractivity contribution < 1.29 is 9.18 Å². The first kappa shape index (κ1) is 20.0. The lowest BCUT2D eigenvalue weighted by Crippen LogP contribution is -2.39. The van der Waals surface area contributed by atoms with Gasteiger partial charge in [-0.15, -0.1) is 0 Å². The van der Waals surface area contributed by atoms with Crippen molar-refractivity contribution in [3.63, 3.8) is 0 Å². The summed E-state index contributed by atoms with van der Waals surface area (Å²) < 4.78 is 16.3. The van der Waals surface area contributed by atoms with Crippen molar-refractivity contribution in [3.8, 4) is 5.69 Å². The second-order valence-electron chi connectivity index (χ2n) is 6.86. The Bertz CT molecular complexity index is 1370. The Morgan fingerprint density at radius 3 is 2.55 bits per heavy atom. The van der Waals surface area contributed by atoms with Crippen molar-refractivity contribution >= 4 is 11.7 Å². The zero-order valence-electron chi connectivity index (χ0n) is 16.5. The average Bonchev–Trinajstić information content (AvgIpc) is 3.13. The molecule has 1 amide bonds. The van der Waals surface area contributed by atoms with E-state index < -0.39 is 23.0 Å². The summed E-state index contributed by atoms with van der Waals surface area (Å²) in [5.74, 6) is -0.911. The van der Waals surface area contributed by atoms with Gasteiger partial charge in [-0.3, -0.25) is 14.2 Å². The van der Waals surface area contributed by atoms with Crippen LogP contribution in [0.3, 0.4) is 0 Å². The van der Waals surface area contributed by atoms with E-state index in [1.807, 2.05) is 30.3 Å². The van der Waals surface area contributed by atoms with E-state index in [1.165, 1.54) is 22.9 Å². The van der Waals surface area contributed by atoms with Gasteiger partial charge >= 0.3 is 5.69 Å². The van der Waals surface area contributed by atoms with Gasteiger partial charge in [-0.05, 0) is 25.1 Å². The van der Waals surface area contributed by atoms with Crippen molar-refractivity contribution in [3.05, 3.63) is 110 Å². The van der Waals surface area contributed by atoms with Crippen LogP contribution in [-0.2, 0) is 6.54 Å². The minimum absolute atomic E-state index is 0.158. The number of nitrogens with one attached hydrogen (secondary N) is 2. The van der Waals surface area contributed by atoms with E-state index in [1.54, 1.807) is 19.1 Å². The number of aryl methyl sites for hydroxylation is 1. The molecule has 0 radical (unpaired) electrons. The highest BCUT2D eigenvalue weighted by atomic mass is 19.1. The summed E-state index contributed by atoms with van der Waals surface area (Å²) in [6, 6.07) is 16.6. The summed E-state index contributed by atoms with van der Waals surface area (Å²) in [6.07, 6.45) is 1.05. The van der Waals surface area contributed by atoms with Crippen LogP contribution in [0.2, 0.25) is 0 Å². The SMILES string of the molecule is Cc1cc(NC(=O)c2c[nH]c(=O)n(Cc3ccccc3F)c2=O)n(-c2ccccc2)n1. The third kappa shape index (κ3) is 4.06. The topological polar surface area (TPSA) is 102 Å². The fourth-order valence-corrected chi connectivity index (χ4v) is 3.15. The molecule has 0 fully saturated rings. The maximum Gasteiger partial charge on any atom is 0.328 e. The predicted octanol–water partition coefficient (Wildman–Crippen LogP) is 2.47. The minimum atomic E-state index is -0.827. The van der Waals surface area contributed by atoms with Gasteiger partial charge in [-0.2, -0.15) is 5.10 Å². The van der Waals surface area contributed by atoms with Crippen LogP contribution in [0.5, 0.6) is 0 Å². The first-order valence-corrected chi connectivity index (χ1v) is 9.43. The fraction of sp³-hybridized carbons (Fsp3) is 0.0909. The Kier molecular flexibility index (Phi) is 5.31. The Morgan fingerprint density at radius 2 is 1.81 bits per heavy atom. The van der Waals surface area contributed by atoms with E-state index in [0.717, 1.165) is 16.5 Å². The van der Waals surface area contributed by atoms with Crippen LogP contribution < -0.4 is 16.6 Å². The molecule has 2 N–H and O–H groups in total. The standard InChI is InChI=1S/C22H18FN5O3/c1-14-11-19(28(26-14)16-8-3-2-4-9-16)25-20(29)17-12-24-22(31)27(21(17)30)13-15-7-5-6-10-18(15)23/h2-12H,13H2,1H3,(H,24,31)(H,25,29). The van der Waals surface area contributed by atoms with Gasteiger partial charge in [0.15, 0.2) is 0 Å². The summed E-state index contributed by atoms with van der Waals surface area (Å²) in [4.78, 5) is 40.2. The van der Waals surface area contributed by atoms with E-state index in [2.05, 4.69) is 15.4 Å². The molecule has 0 atom stereocenters. The number of carbonyl (C=O) groups excluding carboxylic acids is 1. The molecule has 2 heterocycles. The first-order valence-electron chi connectivity index (χ1n) is 9.43. The monoisotopic (exact) mass is 419 g/mol. The molecule has 0 saturated carbocycles. The highest BCUT2D eigenvalue weighted by Crippen LogP contribution is 2.17. The predicted molar refractivity (Wildman–Crippen MR) is 113 cm³/mol. The number of carbonyl (C=O) groups is 1. The summed E-state index contributed by atoms with van der Waals surface area (Å²) in [7, 11) is 0. The fourth-order valence-electron chi connectivity index (χ4n) is 3.15. The molecule has 2 aromatic carbocycles. The van der Waals surface area contributed by atoms with Crippen LogP contribution in [0.15, 0.2) is 76.4 Å². The molecule has 0 bridgehead atoms. The van der Waals surface area contributed by atoms with Gasteiger partial charge in [0.05, 0.1) is 17.9 Å². The molecule has 0 saturated heterocycles. The zero-order chi connectivity index (χ0) is 22.0. The van der Waals surface area contributed by atoms with Crippen molar-refractivity contribution in [2.75, 3.05) is 5.32 Å². The van der Waals surface area contributed by atoms with Gasteiger partial charge in [0.2, 0.25) is 0 Å². The van der Waals surface area contributed by atoms with Gasteiger partial charge in [-0.25, -0.2) is 13.9 Å². The van der Waals surface area contributed by atoms with E-state index in [9.17, 15) is 18.8 Å². The average molecular weight is 419 g/mol. The lowest BCUT2D eigenvalue weighted by molar-refractivity contribution is 0.102. The first-order chi connectivity index (χ1) is 14.9. The Labute approximate surface area is 175 Å². The number of aromatic nitrogens is 4. The number of hydrogen-bond donors (Lipinski definition) is 2. The third-order valence-corrected chi connectivity index (χ3v) is 4.67. The quantitative estimate of drug-likeness (QED) is 0.519. The van der Waals surface area contributed by atoms with Crippen LogP contribution in [0.4, 0.5) is 10.2 Å². The molecule has 4 aromatic rings. The molecule has 0 aliphatic carbocycles. The zero-order valence-corrected chi connectivity index (χ0v) is 16.5. The van der Waals surface area contributed by atoms with Crippen LogP contribution in [0.25, 0.3) is 5.69 Å². The largest absolute Gasteiger partial charge is 0.328 e. The Balaban J connectivity index is 1.67. The summed E-state index contributed by atoms with van der Waals surface area (Å²) >= 11 is 0. The Hall–Kier alpha value is -4.27. The minimum Gasteiger partial charge on any atom is -0.313 e. The maximum absolute atomic E-state index is 14.0. The lowest BCUT2D eigenvalue weighted by atomic mass is 10.2. The number of rotatable bonds is 5. The number of nitrogens with zero attached hydrogens (tertiary/aromatic N) is 3. The number of halogens is 1. The number of anilines is 1. The van der Waals surface area contributed by atoms with Crippen molar-refractivity contribution in [2.45, 2.75) is 13.5 Å². The van der Waals surface area contributed by atoms with Gasteiger partial charge in [-0.1, -0.05) is 36.4 Å². The second kappa shape index (κ2) is 8.23. The third-order valence-electron chi connectivity index (χ3n) is 4.67. The molecular weight excluding hydrogens is 401 g/mol. The van der Waals surface area contributed by atoms with Gasteiger partial charge in [0, 0.05) is 17.8 Å². The van der Waals surface area contributed by atoms with E-state index in [0.29, 0.717) is 11.5 Å². The summed E-state index contributed by atoms with van der Waals surface area (Å²) in [5, 5.41) is 7.03. The highest BCUT2D eigenvalue weighted by molar-refractivity contribution is 6.03. The van der Waals surface area contributed by atoms with Crippen molar-refractivity contribution in [2.24, 2.45) is 0 Å². The molecule has 156 valence electrons. The number of H-pyrrole nitrogens is 1. The second-order valence-corrected chi connectivity index (χ2v) is 6.86. The van der Waals surface area contributed by atoms with Crippen molar-refractivity contribution in [1.29, 1.82) is 0 Å². The molecule has 0 aliphatic heterocycles. The number of amides is 1. The van der Waals surface area contributed by atoms with E-state index in [4.69, 9.17) is 0 Å². The molecule has 8 nitrogen and oxygen atoms in total. The van der Waals surface area contributed by atoms with Gasteiger partial charge in [0.1, 0.15) is 17.2 Å². The van der Waals surface area contributed by atoms with Crippen LogP contribution in [-0.4, -0.2) is 25.2 Å². The maximum atomic E-state index is 14.0. The highest BCUT2D eigenvalue weighted by Gasteiger charge is 2.18. The number of aromatic amines is 1. The Morgan fingerprint density at radius 1 is 1.10 bits per heavy atom. The molecule has 0 unspecified atom stereocenters. The summed E-state index contributed by atoms with van der Waals surface area (Å²) in [6.45, 7) is 1.47. The van der Waals surface area contributed by atoms with Gasteiger partial charge in [0.25, 0.3) is 11.5 Å². The summed E-state index contributed by atoms with van der Waals surface area (Å²) in [5.41, 5.74) is -0.302. The van der Waals surface area contributed by atoms with Gasteiger partial charge < -0.3 is 10.3 Å². The molecule has 0 spiro atoms. The lowest BCUT2D eigenvalue weighted by Gasteiger charge is -2.10. The number of para-hydroxylation sites is 1. The number of benzene rings is 2. The van der Waals surface area contributed by atoms with Crippen molar-refractivity contribution in [1.82, 2.24) is 19.3 Å². The molecule has 4 rings (SSSR count). The molecule has 31 heavy (non-hydrogen) atoms. The molecular formula is C22H18FN5O3.